The van der Waals surface area contributed by atoms with Gasteiger partial charge in [-0.05, 0) is 79.9 Å². The van der Waals surface area contributed by atoms with Gasteiger partial charge in [-0.2, -0.15) is 5.26 Å². The minimum absolute atomic E-state index is 0.150. The second-order valence-corrected chi connectivity index (χ2v) is 7.87. The second-order valence-electron chi connectivity index (χ2n) is 7.87. The van der Waals surface area contributed by atoms with Gasteiger partial charge in [0.1, 0.15) is 11.9 Å². The largest absolute Gasteiger partial charge is 0.206 e. The molecule has 0 N–H and O–H groups in total. The van der Waals surface area contributed by atoms with Crippen molar-refractivity contribution < 1.29 is 4.39 Å². The number of halogens is 1. The molecule has 1 aromatic rings. The third-order valence-corrected chi connectivity index (χ3v) is 6.07. The van der Waals surface area contributed by atoms with Crippen LogP contribution in [0.15, 0.2) is 30.4 Å². The Morgan fingerprint density at radius 2 is 1.54 bits per heavy atom. The van der Waals surface area contributed by atoms with Crippen LogP contribution in [0.3, 0.4) is 0 Å². The van der Waals surface area contributed by atoms with Gasteiger partial charge in [-0.3, -0.25) is 0 Å². The molecule has 0 radical (unpaired) electrons. The van der Waals surface area contributed by atoms with E-state index in [1.54, 1.807) is 12.1 Å². The topological polar surface area (TPSA) is 23.8 Å². The number of benzene rings is 1. The monoisotopic (exact) mass is 325 g/mol. The van der Waals surface area contributed by atoms with Crippen molar-refractivity contribution in [1.82, 2.24) is 0 Å². The van der Waals surface area contributed by atoms with Crippen LogP contribution < -0.4 is 0 Å². The molecule has 0 amide bonds. The molecule has 0 saturated heterocycles. The third kappa shape index (κ3) is 4.26. The average Bonchev–Trinajstić information content (AvgIpc) is 2.61. The van der Waals surface area contributed by atoms with Gasteiger partial charge in [0.05, 0.1) is 5.56 Å². The minimum Gasteiger partial charge on any atom is -0.206 e. The summed E-state index contributed by atoms with van der Waals surface area (Å²) in [6.07, 6.45) is 15.1. The van der Waals surface area contributed by atoms with Gasteiger partial charge >= 0.3 is 0 Å². The van der Waals surface area contributed by atoms with E-state index in [0.29, 0.717) is 11.8 Å². The van der Waals surface area contributed by atoms with E-state index in [9.17, 15) is 4.39 Å². The fourth-order valence-corrected chi connectivity index (χ4v) is 4.31. The van der Waals surface area contributed by atoms with Crippen molar-refractivity contribution in [3.05, 3.63) is 47.3 Å². The van der Waals surface area contributed by atoms with E-state index in [-0.39, 0.29) is 11.4 Å². The predicted octanol–water partition coefficient (Wildman–Crippen LogP) is 6.35. The summed E-state index contributed by atoms with van der Waals surface area (Å²) in [7, 11) is 0. The number of hydrogen-bond donors (Lipinski definition) is 0. The van der Waals surface area contributed by atoms with Crippen molar-refractivity contribution in [2.45, 2.75) is 64.2 Å². The first-order valence-electron chi connectivity index (χ1n) is 9.53. The summed E-state index contributed by atoms with van der Waals surface area (Å²) >= 11 is 0. The number of rotatable bonds is 3. The Morgan fingerprint density at radius 1 is 0.958 bits per heavy atom. The Morgan fingerprint density at radius 3 is 2.08 bits per heavy atom. The predicted molar refractivity (Wildman–Crippen MR) is 96.1 cm³/mol. The first-order valence-corrected chi connectivity index (χ1v) is 9.53. The highest BCUT2D eigenvalue weighted by Gasteiger charge is 2.22. The van der Waals surface area contributed by atoms with Crippen LogP contribution in [0.25, 0.3) is 0 Å². The van der Waals surface area contributed by atoms with E-state index in [1.807, 2.05) is 12.1 Å². The Bertz CT molecular complexity index is 611. The maximum Gasteiger partial charge on any atom is 0.141 e. The first-order chi connectivity index (χ1) is 11.7. The van der Waals surface area contributed by atoms with E-state index < -0.39 is 0 Å². The molecule has 0 spiro atoms. The van der Waals surface area contributed by atoms with Crippen LogP contribution in [0, 0.1) is 34.9 Å². The molecule has 128 valence electrons. The summed E-state index contributed by atoms with van der Waals surface area (Å²) < 4.78 is 13.8. The molecule has 0 aliphatic heterocycles. The SMILES string of the molecule is CC1CCC(/C=C/C2CCC(c3ccc(C#N)c(F)c3)CC2)CC1. The van der Waals surface area contributed by atoms with Crippen molar-refractivity contribution in [3.8, 4) is 6.07 Å². The first kappa shape index (κ1) is 17.2. The lowest BCUT2D eigenvalue weighted by molar-refractivity contribution is 0.326. The van der Waals surface area contributed by atoms with Crippen LogP contribution in [-0.2, 0) is 0 Å². The van der Waals surface area contributed by atoms with Gasteiger partial charge in [0.15, 0.2) is 0 Å². The van der Waals surface area contributed by atoms with Crippen LogP contribution in [0.1, 0.15) is 75.3 Å². The summed E-state index contributed by atoms with van der Waals surface area (Å²) in [4.78, 5) is 0. The number of nitrogens with zero attached hydrogens (tertiary/aromatic N) is 1. The second kappa shape index (κ2) is 7.97. The Labute approximate surface area is 145 Å². The lowest BCUT2D eigenvalue weighted by Gasteiger charge is -2.28. The smallest absolute Gasteiger partial charge is 0.141 e. The molecule has 0 bridgehead atoms. The molecule has 24 heavy (non-hydrogen) atoms. The van der Waals surface area contributed by atoms with E-state index in [1.165, 1.54) is 38.5 Å². The van der Waals surface area contributed by atoms with E-state index in [0.717, 1.165) is 30.2 Å². The van der Waals surface area contributed by atoms with Gasteiger partial charge < -0.3 is 0 Å². The Balaban J connectivity index is 1.50. The molecule has 2 heteroatoms. The molecular formula is C22H28FN. The standard InChI is InChI=1S/C22H28FN/c1-16-2-4-17(5-3-16)6-7-18-8-10-19(11-9-18)20-12-13-21(15-24)22(23)14-20/h6-7,12-14,16-19H,2-5,8-11H2,1H3/b7-6+. The molecule has 0 aromatic heterocycles. The normalized spacial score (nSPS) is 31.0. The molecule has 2 aliphatic rings. The van der Waals surface area contributed by atoms with Gasteiger partial charge in [0.2, 0.25) is 0 Å². The molecular weight excluding hydrogens is 297 g/mol. The summed E-state index contributed by atoms with van der Waals surface area (Å²) in [6.45, 7) is 2.37. The quantitative estimate of drug-likeness (QED) is 0.594. The molecule has 3 rings (SSSR count). The summed E-state index contributed by atoms with van der Waals surface area (Å²) in [6, 6.07) is 7.03. The molecule has 2 fully saturated rings. The molecule has 1 nitrogen and oxygen atoms in total. The third-order valence-electron chi connectivity index (χ3n) is 6.07. The summed E-state index contributed by atoms with van der Waals surface area (Å²) in [5.74, 6) is 2.49. The maximum absolute atomic E-state index is 13.8. The average molecular weight is 325 g/mol. The van der Waals surface area contributed by atoms with Gasteiger partial charge in [-0.25, -0.2) is 4.39 Å². The zero-order valence-corrected chi connectivity index (χ0v) is 14.7. The van der Waals surface area contributed by atoms with Crippen LogP contribution in [-0.4, -0.2) is 0 Å². The van der Waals surface area contributed by atoms with Crippen molar-refractivity contribution in [1.29, 1.82) is 5.26 Å². The molecule has 0 heterocycles. The lowest BCUT2D eigenvalue weighted by atomic mass is 9.77. The highest BCUT2D eigenvalue weighted by molar-refractivity contribution is 5.35. The van der Waals surface area contributed by atoms with E-state index in [2.05, 4.69) is 19.1 Å². The Hall–Kier alpha value is -1.62. The number of hydrogen-bond acceptors (Lipinski definition) is 1. The molecule has 2 saturated carbocycles. The fraction of sp³-hybridized carbons (Fsp3) is 0.591. The van der Waals surface area contributed by atoms with Crippen molar-refractivity contribution in [2.24, 2.45) is 17.8 Å². The van der Waals surface area contributed by atoms with Gasteiger partial charge in [0, 0.05) is 0 Å². The van der Waals surface area contributed by atoms with Crippen LogP contribution in [0.4, 0.5) is 4.39 Å². The van der Waals surface area contributed by atoms with Gasteiger partial charge in [-0.1, -0.05) is 38.0 Å². The molecule has 2 aliphatic carbocycles. The van der Waals surface area contributed by atoms with Crippen molar-refractivity contribution in [2.75, 3.05) is 0 Å². The summed E-state index contributed by atoms with van der Waals surface area (Å²) in [5.41, 5.74) is 1.22. The van der Waals surface area contributed by atoms with E-state index >= 15 is 0 Å². The summed E-state index contributed by atoms with van der Waals surface area (Å²) in [5, 5.41) is 8.84. The number of nitriles is 1. The van der Waals surface area contributed by atoms with Crippen LogP contribution in [0.2, 0.25) is 0 Å². The van der Waals surface area contributed by atoms with Gasteiger partial charge in [-0.15, -0.1) is 0 Å². The van der Waals surface area contributed by atoms with Gasteiger partial charge in [0.25, 0.3) is 0 Å². The highest BCUT2D eigenvalue weighted by atomic mass is 19.1. The molecule has 1 aromatic carbocycles. The van der Waals surface area contributed by atoms with E-state index in [4.69, 9.17) is 5.26 Å². The van der Waals surface area contributed by atoms with Crippen LogP contribution in [0.5, 0.6) is 0 Å². The van der Waals surface area contributed by atoms with Crippen molar-refractivity contribution >= 4 is 0 Å². The van der Waals surface area contributed by atoms with Crippen molar-refractivity contribution in [3.63, 3.8) is 0 Å². The molecule has 0 unspecified atom stereocenters. The Kier molecular flexibility index (Phi) is 5.72. The van der Waals surface area contributed by atoms with Crippen LogP contribution >= 0.6 is 0 Å². The zero-order chi connectivity index (χ0) is 16.9. The lowest BCUT2D eigenvalue weighted by Crippen LogP contribution is -2.13. The highest BCUT2D eigenvalue weighted by Crippen LogP contribution is 2.37. The maximum atomic E-state index is 13.8. The minimum atomic E-state index is -0.372. The number of allylic oxidation sites excluding steroid dienone is 2. The molecule has 0 atom stereocenters. The fourth-order valence-electron chi connectivity index (χ4n) is 4.31. The zero-order valence-electron chi connectivity index (χ0n) is 14.7.